The number of hydrogen-bond donors (Lipinski definition) is 3. The van der Waals surface area contributed by atoms with Crippen LogP contribution in [0, 0.1) is 13.8 Å². The number of nitrogens with one attached hydrogen (secondary N) is 3. The number of hydrogen-bond acceptors (Lipinski definition) is 7. The Kier molecular flexibility index (Phi) is 7.27. The average Bonchev–Trinajstić information content (AvgIpc) is 3.31. The van der Waals surface area contributed by atoms with Crippen molar-refractivity contribution < 1.29 is 9.59 Å². The molecular weight excluding hydrogens is 394 g/mol. The minimum Gasteiger partial charge on any atom is -0.335 e. The van der Waals surface area contributed by atoms with E-state index in [1.54, 1.807) is 0 Å². The highest BCUT2D eigenvalue weighted by molar-refractivity contribution is 8.01. The number of rotatable bonds is 7. The molecule has 3 amide bonds. The zero-order valence-electron chi connectivity index (χ0n) is 16.1. The molecule has 0 saturated heterocycles. The van der Waals surface area contributed by atoms with Gasteiger partial charge in [-0.2, -0.15) is 0 Å². The Bertz CT molecular complexity index is 833. The maximum atomic E-state index is 11.9. The van der Waals surface area contributed by atoms with Crippen LogP contribution in [0.3, 0.4) is 0 Å². The minimum absolute atomic E-state index is 0.200. The van der Waals surface area contributed by atoms with Gasteiger partial charge >= 0.3 is 6.03 Å². The number of aryl methyl sites for hydroxylation is 1. The van der Waals surface area contributed by atoms with Gasteiger partial charge in [-0.25, -0.2) is 4.79 Å². The summed E-state index contributed by atoms with van der Waals surface area (Å²) in [5.74, 6) is 0.266. The number of carbonyl (C=O) groups is 2. The third-order valence-electron chi connectivity index (χ3n) is 4.75. The van der Waals surface area contributed by atoms with Crippen molar-refractivity contribution in [3.05, 3.63) is 29.3 Å². The molecule has 1 saturated carbocycles. The summed E-state index contributed by atoms with van der Waals surface area (Å²) >= 11 is 2.91. The van der Waals surface area contributed by atoms with Crippen molar-refractivity contribution in [3.8, 4) is 0 Å². The first-order chi connectivity index (χ1) is 13.5. The second kappa shape index (κ2) is 9.88. The molecule has 1 aromatic heterocycles. The smallest absolute Gasteiger partial charge is 0.321 e. The fourth-order valence-corrected chi connectivity index (χ4v) is 4.80. The van der Waals surface area contributed by atoms with E-state index in [-0.39, 0.29) is 18.4 Å². The Morgan fingerprint density at radius 3 is 2.79 bits per heavy atom. The van der Waals surface area contributed by atoms with Crippen LogP contribution in [0.2, 0.25) is 0 Å². The summed E-state index contributed by atoms with van der Waals surface area (Å²) in [6.45, 7) is 4.14. The van der Waals surface area contributed by atoms with Crippen molar-refractivity contribution in [1.29, 1.82) is 0 Å². The summed E-state index contributed by atoms with van der Waals surface area (Å²) < 4.78 is 0.788. The number of imide groups is 1. The van der Waals surface area contributed by atoms with Gasteiger partial charge in [0.05, 0.1) is 0 Å². The molecule has 7 nitrogen and oxygen atoms in total. The number of benzene rings is 1. The summed E-state index contributed by atoms with van der Waals surface area (Å²) in [5, 5.41) is 17.6. The lowest BCUT2D eigenvalue weighted by Crippen LogP contribution is -2.43. The average molecular weight is 420 g/mol. The van der Waals surface area contributed by atoms with Gasteiger partial charge in [-0.3, -0.25) is 10.1 Å². The van der Waals surface area contributed by atoms with E-state index >= 15 is 0 Å². The van der Waals surface area contributed by atoms with Crippen molar-refractivity contribution in [3.63, 3.8) is 0 Å². The SMILES string of the molecule is Cc1cccc(Nc2nnc(SCCC(=O)NC(=O)NC3CCCC3)s2)c1C. The first kappa shape index (κ1) is 20.6. The Morgan fingerprint density at radius 1 is 1.21 bits per heavy atom. The summed E-state index contributed by atoms with van der Waals surface area (Å²) in [4.78, 5) is 23.7. The molecule has 1 aliphatic rings. The fraction of sp³-hybridized carbons (Fsp3) is 0.474. The van der Waals surface area contributed by atoms with Gasteiger partial charge in [0, 0.05) is 23.9 Å². The molecule has 0 radical (unpaired) electrons. The van der Waals surface area contributed by atoms with Crippen LogP contribution >= 0.6 is 23.1 Å². The Morgan fingerprint density at radius 2 is 2.00 bits per heavy atom. The third kappa shape index (κ3) is 5.93. The lowest BCUT2D eigenvalue weighted by Gasteiger charge is -2.11. The van der Waals surface area contributed by atoms with Gasteiger partial charge < -0.3 is 10.6 Å². The van der Waals surface area contributed by atoms with Gasteiger partial charge in [0.2, 0.25) is 11.0 Å². The predicted molar refractivity (Wildman–Crippen MR) is 113 cm³/mol. The van der Waals surface area contributed by atoms with Crippen LogP contribution in [-0.2, 0) is 4.79 Å². The lowest BCUT2D eigenvalue weighted by atomic mass is 10.1. The van der Waals surface area contributed by atoms with Crippen LogP contribution in [0.25, 0.3) is 0 Å². The normalized spacial score (nSPS) is 14.1. The maximum Gasteiger partial charge on any atom is 0.321 e. The second-order valence-corrected chi connectivity index (χ2v) is 9.17. The van der Waals surface area contributed by atoms with Gasteiger partial charge in [-0.05, 0) is 43.9 Å². The molecule has 3 rings (SSSR count). The van der Waals surface area contributed by atoms with Crippen LogP contribution in [0.4, 0.5) is 15.6 Å². The van der Waals surface area contributed by atoms with Gasteiger partial charge in [0.1, 0.15) is 0 Å². The Labute approximate surface area is 173 Å². The monoisotopic (exact) mass is 419 g/mol. The molecule has 2 aromatic rings. The summed E-state index contributed by atoms with van der Waals surface area (Å²) in [6, 6.07) is 5.89. The van der Waals surface area contributed by atoms with Gasteiger partial charge in [-0.1, -0.05) is 48.1 Å². The second-order valence-electron chi connectivity index (χ2n) is 6.85. The largest absolute Gasteiger partial charge is 0.335 e. The lowest BCUT2D eigenvalue weighted by molar-refractivity contribution is -0.119. The van der Waals surface area contributed by atoms with E-state index in [4.69, 9.17) is 0 Å². The van der Waals surface area contributed by atoms with Crippen LogP contribution in [0.1, 0.15) is 43.2 Å². The minimum atomic E-state index is -0.391. The van der Waals surface area contributed by atoms with E-state index in [0.717, 1.165) is 40.8 Å². The zero-order valence-corrected chi connectivity index (χ0v) is 17.7. The van der Waals surface area contributed by atoms with Crippen molar-refractivity contribution in [2.45, 2.75) is 56.3 Å². The van der Waals surface area contributed by atoms with Crippen LogP contribution in [0.15, 0.2) is 22.5 Å². The molecule has 150 valence electrons. The third-order valence-corrected chi connectivity index (χ3v) is 6.72. The van der Waals surface area contributed by atoms with Gasteiger partial charge in [-0.15, -0.1) is 10.2 Å². The van der Waals surface area contributed by atoms with Gasteiger partial charge in [0.15, 0.2) is 4.34 Å². The van der Waals surface area contributed by atoms with Crippen molar-refractivity contribution in [2.24, 2.45) is 0 Å². The number of amides is 3. The highest BCUT2D eigenvalue weighted by Gasteiger charge is 2.18. The van der Waals surface area contributed by atoms with Crippen LogP contribution in [-0.4, -0.2) is 33.9 Å². The summed E-state index contributed by atoms with van der Waals surface area (Å²) in [6.07, 6.45) is 4.51. The van der Waals surface area contributed by atoms with E-state index in [0.29, 0.717) is 5.75 Å². The van der Waals surface area contributed by atoms with Crippen LogP contribution in [0.5, 0.6) is 0 Å². The molecule has 0 unspecified atom stereocenters. The fourth-order valence-electron chi connectivity index (χ4n) is 3.03. The molecule has 0 bridgehead atoms. The molecule has 1 heterocycles. The van der Waals surface area contributed by atoms with E-state index < -0.39 is 6.03 Å². The first-order valence-electron chi connectivity index (χ1n) is 9.41. The number of aromatic nitrogens is 2. The van der Waals surface area contributed by atoms with Crippen molar-refractivity contribution in [2.75, 3.05) is 11.1 Å². The molecule has 9 heteroatoms. The molecule has 1 aliphatic carbocycles. The Balaban J connectivity index is 1.40. The predicted octanol–water partition coefficient (Wildman–Crippen LogP) is 4.15. The van der Waals surface area contributed by atoms with E-state index in [9.17, 15) is 9.59 Å². The van der Waals surface area contributed by atoms with E-state index in [1.807, 2.05) is 12.1 Å². The topological polar surface area (TPSA) is 96.0 Å². The van der Waals surface area contributed by atoms with E-state index in [2.05, 4.69) is 46.1 Å². The van der Waals surface area contributed by atoms with Crippen LogP contribution < -0.4 is 16.0 Å². The number of anilines is 2. The summed E-state index contributed by atoms with van der Waals surface area (Å²) in [5.41, 5.74) is 3.41. The highest BCUT2D eigenvalue weighted by atomic mass is 32.2. The number of thioether (sulfide) groups is 1. The quantitative estimate of drug-likeness (QED) is 0.584. The highest BCUT2D eigenvalue weighted by Crippen LogP contribution is 2.29. The molecular formula is C19H25N5O2S2. The van der Waals surface area contributed by atoms with Crippen molar-refractivity contribution in [1.82, 2.24) is 20.8 Å². The molecule has 28 heavy (non-hydrogen) atoms. The Hall–Kier alpha value is -2.13. The first-order valence-corrected chi connectivity index (χ1v) is 11.2. The summed E-state index contributed by atoms with van der Waals surface area (Å²) in [7, 11) is 0. The molecule has 3 N–H and O–H groups in total. The molecule has 1 fully saturated rings. The van der Waals surface area contributed by atoms with Gasteiger partial charge in [0.25, 0.3) is 0 Å². The maximum absolute atomic E-state index is 11.9. The van der Waals surface area contributed by atoms with E-state index in [1.165, 1.54) is 34.2 Å². The standard InChI is InChI=1S/C19H25N5O2S2/c1-12-6-5-9-15(13(12)2)21-18-23-24-19(28-18)27-11-10-16(25)22-17(26)20-14-7-3-4-8-14/h5-6,9,14H,3-4,7-8,10-11H2,1-2H3,(H,21,23)(H2,20,22,25,26). The number of carbonyl (C=O) groups excluding carboxylic acids is 2. The molecule has 0 atom stereocenters. The number of urea groups is 1. The molecule has 0 spiro atoms. The molecule has 0 aliphatic heterocycles. The number of nitrogens with zero attached hydrogens (tertiary/aromatic N) is 2. The zero-order chi connectivity index (χ0) is 19.9. The van der Waals surface area contributed by atoms with Crippen molar-refractivity contribution >= 4 is 45.9 Å². The molecule has 1 aromatic carbocycles.